The van der Waals surface area contributed by atoms with E-state index in [4.69, 9.17) is 0 Å². The quantitative estimate of drug-likeness (QED) is 0.560. The summed E-state index contributed by atoms with van der Waals surface area (Å²) >= 11 is 0. The van der Waals surface area contributed by atoms with Gasteiger partial charge in [-0.1, -0.05) is 30.3 Å². The Balaban J connectivity index is 1.59. The molecule has 2 heterocycles. The van der Waals surface area contributed by atoms with Gasteiger partial charge in [0.05, 0.1) is 16.6 Å². The van der Waals surface area contributed by atoms with Crippen LogP contribution in [0.15, 0.2) is 59.9 Å². The van der Waals surface area contributed by atoms with Gasteiger partial charge in [-0.25, -0.2) is 4.98 Å². The Hall–Kier alpha value is -3.42. The number of halogens is 3. The summed E-state index contributed by atoms with van der Waals surface area (Å²) in [6, 6.07) is 11.1. The van der Waals surface area contributed by atoms with Crippen LogP contribution in [0, 0.1) is 0 Å². The van der Waals surface area contributed by atoms with Crippen molar-refractivity contribution in [2.24, 2.45) is 0 Å². The van der Waals surface area contributed by atoms with E-state index in [0.717, 1.165) is 24.1 Å². The highest BCUT2D eigenvalue weighted by molar-refractivity contribution is 5.78. The summed E-state index contributed by atoms with van der Waals surface area (Å²) in [6.45, 7) is 4.86. The van der Waals surface area contributed by atoms with E-state index in [9.17, 15) is 22.8 Å². The van der Waals surface area contributed by atoms with E-state index in [1.54, 1.807) is 4.90 Å². The van der Waals surface area contributed by atoms with Crippen molar-refractivity contribution in [2.75, 3.05) is 6.54 Å². The molecule has 0 spiro atoms. The maximum absolute atomic E-state index is 13.1. The topological polar surface area (TPSA) is 55.2 Å². The normalized spacial score (nSPS) is 13.8. The number of nitrogens with zero attached hydrogens (tertiary/aromatic N) is 3. The van der Waals surface area contributed by atoms with Gasteiger partial charge in [-0.15, -0.1) is 6.58 Å². The maximum atomic E-state index is 13.1. The lowest BCUT2D eigenvalue weighted by atomic mass is 9.99. The van der Waals surface area contributed by atoms with Gasteiger partial charge in [0.25, 0.3) is 5.56 Å². The number of aromatic nitrogens is 2. The number of carbonyl (C=O) groups excluding carboxylic acids is 1. The second kappa shape index (κ2) is 8.61. The lowest BCUT2D eigenvalue weighted by molar-refractivity contribution is -0.137. The first-order valence-electron chi connectivity index (χ1n) is 10.3. The van der Waals surface area contributed by atoms with Crippen LogP contribution < -0.4 is 5.56 Å². The first-order valence-corrected chi connectivity index (χ1v) is 10.3. The molecule has 4 rings (SSSR count). The summed E-state index contributed by atoms with van der Waals surface area (Å²) in [5.74, 6) is -0.111. The molecule has 166 valence electrons. The minimum atomic E-state index is -4.52. The van der Waals surface area contributed by atoms with Crippen molar-refractivity contribution in [2.45, 2.75) is 38.5 Å². The first-order chi connectivity index (χ1) is 15.3. The number of hydrogen-bond donors (Lipinski definition) is 0. The van der Waals surface area contributed by atoms with Crippen LogP contribution in [0.2, 0.25) is 0 Å². The zero-order valence-corrected chi connectivity index (χ0v) is 17.4. The van der Waals surface area contributed by atoms with Gasteiger partial charge in [-0.2, -0.15) is 13.2 Å². The molecule has 0 saturated carbocycles. The van der Waals surface area contributed by atoms with Gasteiger partial charge < -0.3 is 9.47 Å². The highest BCUT2D eigenvalue weighted by Crippen LogP contribution is 2.31. The summed E-state index contributed by atoms with van der Waals surface area (Å²) < 4.78 is 40.8. The molecule has 3 aromatic rings. The predicted octanol–water partition coefficient (Wildman–Crippen LogP) is 4.12. The number of benzene rings is 2. The Kier molecular flexibility index (Phi) is 5.86. The van der Waals surface area contributed by atoms with Gasteiger partial charge in [0.1, 0.15) is 5.69 Å². The van der Waals surface area contributed by atoms with Gasteiger partial charge in [0, 0.05) is 32.5 Å². The molecule has 1 aliphatic heterocycles. The van der Waals surface area contributed by atoms with Crippen molar-refractivity contribution in [3.8, 4) is 0 Å². The molecule has 0 saturated heterocycles. The summed E-state index contributed by atoms with van der Waals surface area (Å²) in [4.78, 5) is 31.6. The molecule has 1 aliphatic rings. The van der Waals surface area contributed by atoms with E-state index in [0.29, 0.717) is 18.6 Å². The SMILES string of the molecule is C=CCn1c(=O)c(CCC(=O)N2CCc3ccccc3C2)nc2cc(C(F)(F)F)ccc21. The Morgan fingerprint density at radius 1 is 1.16 bits per heavy atom. The van der Waals surface area contributed by atoms with Crippen molar-refractivity contribution in [3.05, 3.63) is 87.9 Å². The molecule has 2 aromatic carbocycles. The fraction of sp³-hybridized carbons (Fsp3) is 0.292. The molecule has 5 nitrogen and oxygen atoms in total. The fourth-order valence-electron chi connectivity index (χ4n) is 4.04. The number of amides is 1. The zero-order chi connectivity index (χ0) is 22.9. The molecular weight excluding hydrogens is 419 g/mol. The minimum Gasteiger partial charge on any atom is -0.338 e. The van der Waals surface area contributed by atoms with E-state index >= 15 is 0 Å². The molecule has 0 N–H and O–H groups in total. The second-order valence-corrected chi connectivity index (χ2v) is 7.80. The van der Waals surface area contributed by atoms with Gasteiger partial charge >= 0.3 is 6.18 Å². The molecule has 8 heteroatoms. The summed E-state index contributed by atoms with van der Waals surface area (Å²) in [5, 5.41) is 0. The minimum absolute atomic E-state index is 0.0547. The highest BCUT2D eigenvalue weighted by Gasteiger charge is 2.31. The Labute approximate surface area is 182 Å². The van der Waals surface area contributed by atoms with Crippen LogP contribution in [0.4, 0.5) is 13.2 Å². The van der Waals surface area contributed by atoms with Gasteiger partial charge in [0.15, 0.2) is 0 Å². The van der Waals surface area contributed by atoms with Crippen LogP contribution in [0.5, 0.6) is 0 Å². The monoisotopic (exact) mass is 441 g/mol. The van der Waals surface area contributed by atoms with E-state index in [1.165, 1.54) is 22.3 Å². The highest BCUT2D eigenvalue weighted by atomic mass is 19.4. The third-order valence-electron chi connectivity index (χ3n) is 5.71. The van der Waals surface area contributed by atoms with Crippen LogP contribution >= 0.6 is 0 Å². The van der Waals surface area contributed by atoms with Crippen LogP contribution in [0.3, 0.4) is 0 Å². The van der Waals surface area contributed by atoms with E-state index in [2.05, 4.69) is 11.6 Å². The van der Waals surface area contributed by atoms with Gasteiger partial charge in [-0.05, 0) is 35.7 Å². The molecule has 0 radical (unpaired) electrons. The van der Waals surface area contributed by atoms with Crippen molar-refractivity contribution < 1.29 is 18.0 Å². The largest absolute Gasteiger partial charge is 0.416 e. The van der Waals surface area contributed by atoms with E-state index < -0.39 is 17.3 Å². The Morgan fingerprint density at radius 3 is 2.62 bits per heavy atom. The third kappa shape index (κ3) is 4.30. The Morgan fingerprint density at radius 2 is 1.91 bits per heavy atom. The van der Waals surface area contributed by atoms with Crippen molar-refractivity contribution in [1.29, 1.82) is 0 Å². The standard InChI is InChI=1S/C24H22F3N3O2/c1-2-12-30-21-9-7-18(24(25,26)27)14-20(21)28-19(23(30)32)8-10-22(31)29-13-11-16-5-3-4-6-17(16)15-29/h2-7,9,14H,1,8,10-13,15H2. The van der Waals surface area contributed by atoms with Crippen molar-refractivity contribution in [3.63, 3.8) is 0 Å². The van der Waals surface area contributed by atoms with Crippen LogP contribution in [-0.2, 0) is 36.9 Å². The summed E-state index contributed by atoms with van der Waals surface area (Å²) in [5.41, 5.74) is 1.50. The third-order valence-corrected chi connectivity index (χ3v) is 5.71. The van der Waals surface area contributed by atoms with Gasteiger partial charge in [-0.3, -0.25) is 9.59 Å². The molecular formula is C24H22F3N3O2. The molecule has 0 aliphatic carbocycles. The number of carbonyl (C=O) groups is 1. The molecule has 0 fully saturated rings. The van der Waals surface area contributed by atoms with E-state index in [-0.39, 0.29) is 36.5 Å². The molecule has 0 bridgehead atoms. The van der Waals surface area contributed by atoms with Crippen molar-refractivity contribution >= 4 is 16.9 Å². The summed E-state index contributed by atoms with van der Waals surface area (Å²) in [6.07, 6.45) is -2.14. The van der Waals surface area contributed by atoms with Crippen LogP contribution in [0.25, 0.3) is 11.0 Å². The fourth-order valence-corrected chi connectivity index (χ4v) is 4.04. The van der Waals surface area contributed by atoms with E-state index in [1.807, 2.05) is 24.3 Å². The number of alkyl halides is 3. The number of hydrogen-bond acceptors (Lipinski definition) is 3. The molecule has 32 heavy (non-hydrogen) atoms. The Bertz CT molecular complexity index is 1250. The number of aryl methyl sites for hydroxylation is 1. The smallest absolute Gasteiger partial charge is 0.338 e. The van der Waals surface area contributed by atoms with Crippen LogP contribution in [0.1, 0.15) is 28.8 Å². The van der Waals surface area contributed by atoms with Crippen molar-refractivity contribution in [1.82, 2.24) is 14.5 Å². The zero-order valence-electron chi connectivity index (χ0n) is 17.4. The lowest BCUT2D eigenvalue weighted by Crippen LogP contribution is -2.36. The lowest BCUT2D eigenvalue weighted by Gasteiger charge is -2.29. The number of allylic oxidation sites excluding steroid dienone is 1. The number of fused-ring (bicyclic) bond motifs is 2. The molecule has 1 amide bonds. The number of rotatable bonds is 5. The summed E-state index contributed by atoms with van der Waals surface area (Å²) in [7, 11) is 0. The van der Waals surface area contributed by atoms with Gasteiger partial charge in [0.2, 0.25) is 5.91 Å². The second-order valence-electron chi connectivity index (χ2n) is 7.80. The first kappa shape index (κ1) is 21.8. The molecule has 0 atom stereocenters. The molecule has 1 aromatic heterocycles. The maximum Gasteiger partial charge on any atom is 0.416 e. The predicted molar refractivity (Wildman–Crippen MR) is 115 cm³/mol. The average molecular weight is 441 g/mol. The molecule has 0 unspecified atom stereocenters. The average Bonchev–Trinajstić information content (AvgIpc) is 2.78. The van der Waals surface area contributed by atoms with Crippen LogP contribution in [-0.4, -0.2) is 26.9 Å².